The second-order valence-corrected chi connectivity index (χ2v) is 8.84. The van der Waals surface area contributed by atoms with Gasteiger partial charge in [0.05, 0.1) is 12.0 Å². The smallest absolute Gasteiger partial charge is 0.319 e. The maximum absolute atomic E-state index is 16.1. The van der Waals surface area contributed by atoms with Crippen molar-refractivity contribution < 1.29 is 19.3 Å². The van der Waals surface area contributed by atoms with Crippen LogP contribution < -0.4 is 15.0 Å². The van der Waals surface area contributed by atoms with E-state index in [1.807, 2.05) is 24.3 Å². The van der Waals surface area contributed by atoms with Crippen molar-refractivity contribution in [3.8, 4) is 23.0 Å². The molecule has 0 radical (unpaired) electrons. The highest BCUT2D eigenvalue weighted by atomic mass is 19.1. The first kappa shape index (κ1) is 21.0. The molecule has 2 fully saturated rings. The van der Waals surface area contributed by atoms with Crippen molar-refractivity contribution in [2.24, 2.45) is 0 Å². The quantitative estimate of drug-likeness (QED) is 0.417. The van der Waals surface area contributed by atoms with Crippen LogP contribution >= 0.6 is 0 Å². The largest absolute Gasteiger partial charge is 0.508 e. The van der Waals surface area contributed by atoms with Gasteiger partial charge in [0.25, 0.3) is 0 Å². The summed E-state index contributed by atoms with van der Waals surface area (Å²) in [7, 11) is 0. The number of fused-ring (bicyclic) bond motifs is 4. The minimum atomic E-state index is -0.608. The van der Waals surface area contributed by atoms with Gasteiger partial charge < -0.3 is 25.2 Å². The van der Waals surface area contributed by atoms with Gasteiger partial charge in [-0.3, -0.25) is 4.98 Å². The predicted octanol–water partition coefficient (Wildman–Crippen LogP) is 3.00. The lowest BCUT2D eigenvalue weighted by Crippen LogP contribution is -2.51. The van der Waals surface area contributed by atoms with Gasteiger partial charge in [-0.2, -0.15) is 9.97 Å². The Morgan fingerprint density at radius 2 is 1.88 bits per heavy atom. The normalized spacial score (nSPS) is 19.8. The molecule has 2 aromatic heterocycles. The third-order valence-electron chi connectivity index (χ3n) is 6.58. The highest BCUT2D eigenvalue weighted by molar-refractivity contribution is 5.99. The summed E-state index contributed by atoms with van der Waals surface area (Å²) >= 11 is 0. The molecule has 9 heteroatoms. The lowest BCUT2D eigenvalue weighted by Gasteiger charge is -2.34. The molecule has 4 aromatic rings. The molecule has 2 unspecified atom stereocenters. The van der Waals surface area contributed by atoms with Gasteiger partial charge >= 0.3 is 6.01 Å². The number of aliphatic hydroxyl groups is 1. The SMILES string of the molecule is OCCOc1nc(N2CC3CCC(C2)N3)c2cnc(-c3cc(O)cc4ccccc34)c(F)c2n1. The second-order valence-electron chi connectivity index (χ2n) is 8.84. The van der Waals surface area contributed by atoms with Crippen LogP contribution in [0.15, 0.2) is 42.6 Å². The third kappa shape index (κ3) is 3.57. The Labute approximate surface area is 195 Å². The molecule has 2 atom stereocenters. The number of pyridine rings is 1. The average molecular weight is 461 g/mol. The number of hydrogen-bond donors (Lipinski definition) is 3. The van der Waals surface area contributed by atoms with Gasteiger partial charge in [0.15, 0.2) is 5.82 Å². The summed E-state index contributed by atoms with van der Waals surface area (Å²) in [5.74, 6) is 0.000508. The number of nitrogens with one attached hydrogen (secondary N) is 1. The van der Waals surface area contributed by atoms with Crippen LogP contribution in [-0.2, 0) is 0 Å². The van der Waals surface area contributed by atoms with E-state index in [-0.39, 0.29) is 36.2 Å². The van der Waals surface area contributed by atoms with E-state index in [1.54, 1.807) is 12.3 Å². The number of aromatic nitrogens is 3. The van der Waals surface area contributed by atoms with E-state index in [1.165, 1.54) is 6.07 Å². The molecule has 0 spiro atoms. The summed E-state index contributed by atoms with van der Waals surface area (Å²) in [6.45, 7) is 1.31. The number of phenols is 1. The van der Waals surface area contributed by atoms with E-state index in [4.69, 9.17) is 4.74 Å². The van der Waals surface area contributed by atoms with Crippen LogP contribution in [0, 0.1) is 5.82 Å². The Balaban J connectivity index is 1.54. The molecular weight excluding hydrogens is 437 g/mol. The average Bonchev–Trinajstić information content (AvgIpc) is 3.19. The number of piperazine rings is 1. The van der Waals surface area contributed by atoms with Crippen LogP contribution in [0.4, 0.5) is 10.2 Å². The van der Waals surface area contributed by atoms with Crippen LogP contribution in [0.25, 0.3) is 32.9 Å². The highest BCUT2D eigenvalue weighted by Crippen LogP contribution is 2.37. The fraction of sp³-hybridized carbons (Fsp3) is 0.320. The van der Waals surface area contributed by atoms with Crippen LogP contribution in [0.2, 0.25) is 0 Å². The van der Waals surface area contributed by atoms with Crippen LogP contribution in [0.5, 0.6) is 11.8 Å². The molecule has 174 valence electrons. The topological polar surface area (TPSA) is 104 Å². The standard InChI is InChI=1S/C25H24FN5O3/c26-21-22(19-10-17(33)9-14-3-1-2-4-18(14)19)27-11-20-23(21)29-25(34-8-7-32)30-24(20)31-12-15-5-6-16(13-31)28-15/h1-4,9-11,15-16,28,32-33H,5-8,12-13H2. The lowest BCUT2D eigenvalue weighted by molar-refractivity contribution is 0.192. The Bertz CT molecular complexity index is 1390. The predicted molar refractivity (Wildman–Crippen MR) is 127 cm³/mol. The number of rotatable bonds is 5. The van der Waals surface area contributed by atoms with Crippen molar-refractivity contribution in [3.05, 3.63) is 48.4 Å². The zero-order valence-corrected chi connectivity index (χ0v) is 18.4. The number of aromatic hydroxyl groups is 1. The fourth-order valence-electron chi connectivity index (χ4n) is 5.11. The van der Waals surface area contributed by atoms with Crippen molar-refractivity contribution in [2.45, 2.75) is 24.9 Å². The van der Waals surface area contributed by atoms with Gasteiger partial charge in [0, 0.05) is 36.9 Å². The molecule has 2 aliphatic rings. The van der Waals surface area contributed by atoms with Crippen molar-refractivity contribution in [2.75, 3.05) is 31.2 Å². The number of nitrogens with zero attached hydrogens (tertiary/aromatic N) is 4. The van der Waals surface area contributed by atoms with Gasteiger partial charge in [-0.15, -0.1) is 0 Å². The van der Waals surface area contributed by atoms with Crippen LogP contribution in [0.1, 0.15) is 12.8 Å². The number of ether oxygens (including phenoxy) is 1. The fourth-order valence-corrected chi connectivity index (χ4v) is 5.11. The zero-order valence-electron chi connectivity index (χ0n) is 18.4. The van der Waals surface area contributed by atoms with E-state index < -0.39 is 5.82 Å². The summed E-state index contributed by atoms with van der Waals surface area (Å²) in [6.07, 6.45) is 3.79. The molecule has 2 aliphatic heterocycles. The van der Waals surface area contributed by atoms with Gasteiger partial charge in [-0.1, -0.05) is 24.3 Å². The van der Waals surface area contributed by atoms with Crippen molar-refractivity contribution in [1.82, 2.24) is 20.3 Å². The Morgan fingerprint density at radius 1 is 1.09 bits per heavy atom. The van der Waals surface area contributed by atoms with E-state index in [0.29, 0.717) is 28.9 Å². The van der Waals surface area contributed by atoms with Gasteiger partial charge in [-0.25, -0.2) is 4.39 Å². The van der Waals surface area contributed by atoms with Gasteiger partial charge in [-0.05, 0) is 35.7 Å². The minimum Gasteiger partial charge on any atom is -0.508 e. The van der Waals surface area contributed by atoms with Crippen molar-refractivity contribution >= 4 is 27.5 Å². The molecule has 6 rings (SSSR count). The number of hydrogen-bond acceptors (Lipinski definition) is 8. The molecule has 2 aromatic carbocycles. The second kappa shape index (κ2) is 8.34. The first-order valence-corrected chi connectivity index (χ1v) is 11.4. The number of anilines is 1. The Hall–Kier alpha value is -3.56. The number of benzene rings is 2. The van der Waals surface area contributed by atoms with E-state index >= 15 is 4.39 Å². The van der Waals surface area contributed by atoms with E-state index in [2.05, 4.69) is 25.2 Å². The van der Waals surface area contributed by atoms with Crippen molar-refractivity contribution in [1.29, 1.82) is 0 Å². The van der Waals surface area contributed by atoms with Gasteiger partial charge in [0.1, 0.15) is 29.4 Å². The summed E-state index contributed by atoms with van der Waals surface area (Å²) in [5, 5.41) is 25.1. The molecule has 0 aliphatic carbocycles. The molecule has 4 heterocycles. The molecule has 3 N–H and O–H groups in total. The summed E-state index contributed by atoms with van der Waals surface area (Å²) < 4.78 is 21.6. The van der Waals surface area contributed by atoms with Crippen LogP contribution in [0.3, 0.4) is 0 Å². The molecule has 0 saturated carbocycles. The highest BCUT2D eigenvalue weighted by Gasteiger charge is 2.34. The molecule has 8 nitrogen and oxygen atoms in total. The maximum Gasteiger partial charge on any atom is 0.319 e. The molecule has 34 heavy (non-hydrogen) atoms. The Kier molecular flexibility index (Phi) is 5.15. The number of aliphatic hydroxyl groups excluding tert-OH is 1. The molecule has 2 saturated heterocycles. The molecular formula is C25H24FN5O3. The monoisotopic (exact) mass is 461 g/mol. The molecule has 0 amide bonds. The first-order chi connectivity index (χ1) is 16.6. The van der Waals surface area contributed by atoms with Crippen LogP contribution in [-0.4, -0.2) is 63.6 Å². The van der Waals surface area contributed by atoms with E-state index in [9.17, 15) is 10.2 Å². The maximum atomic E-state index is 16.1. The van der Waals surface area contributed by atoms with E-state index in [0.717, 1.165) is 36.7 Å². The lowest BCUT2D eigenvalue weighted by atomic mass is 10.0. The first-order valence-electron chi connectivity index (χ1n) is 11.4. The summed E-state index contributed by atoms with van der Waals surface area (Å²) in [5.41, 5.74) is 0.673. The minimum absolute atomic E-state index is 0.00844. The zero-order chi connectivity index (χ0) is 23.2. The van der Waals surface area contributed by atoms with Gasteiger partial charge in [0.2, 0.25) is 0 Å². The number of halogens is 1. The third-order valence-corrected chi connectivity index (χ3v) is 6.58. The summed E-state index contributed by atoms with van der Waals surface area (Å²) in [6, 6.07) is 11.3. The number of phenolic OH excluding ortho intramolecular Hbond substituents is 1. The summed E-state index contributed by atoms with van der Waals surface area (Å²) in [4.78, 5) is 15.5. The van der Waals surface area contributed by atoms with Crippen molar-refractivity contribution in [3.63, 3.8) is 0 Å². The Morgan fingerprint density at radius 3 is 2.68 bits per heavy atom. The molecule has 2 bridgehead atoms.